The Hall–Kier alpha value is -1.30. The summed E-state index contributed by atoms with van der Waals surface area (Å²) in [7, 11) is 0. The van der Waals surface area contributed by atoms with Gasteiger partial charge in [0.1, 0.15) is 0 Å². The van der Waals surface area contributed by atoms with Crippen molar-refractivity contribution in [3.05, 3.63) is 23.8 Å². The van der Waals surface area contributed by atoms with Crippen LogP contribution in [0.25, 0.3) is 0 Å². The van der Waals surface area contributed by atoms with Crippen LogP contribution in [0.1, 0.15) is 18.4 Å². The third kappa shape index (κ3) is 3.42. The van der Waals surface area contributed by atoms with Crippen molar-refractivity contribution in [1.29, 1.82) is 0 Å². The van der Waals surface area contributed by atoms with E-state index in [0.717, 1.165) is 30.2 Å². The first-order valence-corrected chi connectivity index (χ1v) is 7.18. The number of aliphatic hydroxyl groups is 1. The number of fused-ring (bicyclic) bond motifs is 1. The van der Waals surface area contributed by atoms with Gasteiger partial charge in [0.25, 0.3) is 0 Å². The van der Waals surface area contributed by atoms with Crippen LogP contribution in [-0.4, -0.2) is 49.1 Å². The van der Waals surface area contributed by atoms with Crippen LogP contribution < -0.4 is 9.47 Å². The highest BCUT2D eigenvalue weighted by Crippen LogP contribution is 2.32. The van der Waals surface area contributed by atoms with Gasteiger partial charge in [-0.2, -0.15) is 0 Å². The number of hydrogen-bond acceptors (Lipinski definition) is 5. The maximum Gasteiger partial charge on any atom is 0.231 e. The van der Waals surface area contributed by atoms with E-state index in [4.69, 9.17) is 14.2 Å². The van der Waals surface area contributed by atoms with Gasteiger partial charge < -0.3 is 24.2 Å². The lowest BCUT2D eigenvalue weighted by molar-refractivity contribution is 0.0134. The minimum absolute atomic E-state index is 0.286. The molecule has 1 fully saturated rings. The Morgan fingerprint density at radius 3 is 2.85 bits per heavy atom. The second-order valence-corrected chi connectivity index (χ2v) is 5.36. The maximum atomic E-state index is 9.93. The predicted molar refractivity (Wildman–Crippen MR) is 73.9 cm³/mol. The van der Waals surface area contributed by atoms with Crippen LogP contribution in [0, 0.1) is 0 Å². The Morgan fingerprint density at radius 2 is 2.00 bits per heavy atom. The number of rotatable bonds is 6. The number of ether oxygens (including phenoxy) is 3. The average Bonchev–Trinajstić information content (AvgIpc) is 3.09. The normalized spacial score (nSPS) is 19.4. The lowest BCUT2D eigenvalue weighted by Crippen LogP contribution is -2.32. The summed E-state index contributed by atoms with van der Waals surface area (Å²) < 4.78 is 16.2. The predicted octanol–water partition coefficient (Wildman–Crippen LogP) is 1.39. The summed E-state index contributed by atoms with van der Waals surface area (Å²) in [4.78, 5) is 2.29. The minimum Gasteiger partial charge on any atom is -0.454 e. The molecule has 5 heteroatoms. The van der Waals surface area contributed by atoms with Crippen molar-refractivity contribution < 1.29 is 19.3 Å². The minimum atomic E-state index is -0.415. The molecule has 110 valence electrons. The van der Waals surface area contributed by atoms with Gasteiger partial charge in [0.15, 0.2) is 11.5 Å². The number of benzene rings is 1. The molecule has 2 heterocycles. The molecule has 2 aliphatic rings. The van der Waals surface area contributed by atoms with Gasteiger partial charge in [0.05, 0.1) is 19.3 Å². The van der Waals surface area contributed by atoms with Gasteiger partial charge in [0, 0.05) is 6.54 Å². The number of aliphatic hydroxyl groups excluding tert-OH is 1. The molecule has 2 aliphatic heterocycles. The fraction of sp³-hybridized carbons (Fsp3) is 0.600. The van der Waals surface area contributed by atoms with Crippen LogP contribution in [0.2, 0.25) is 0 Å². The highest BCUT2D eigenvalue weighted by Gasteiger charge is 2.16. The molecule has 0 saturated carbocycles. The standard InChI is InChI=1S/C15H21NO4/c17-13(8-16-5-1-2-6-16)10-18-9-12-3-4-14-15(7-12)20-11-19-14/h3-4,7,13,17H,1-2,5-6,8-11H2/t13-/m1/s1. The van der Waals surface area contributed by atoms with E-state index in [9.17, 15) is 5.11 Å². The van der Waals surface area contributed by atoms with Crippen LogP contribution in [0.3, 0.4) is 0 Å². The molecule has 0 aromatic heterocycles. The Kier molecular flexibility index (Phi) is 4.40. The summed E-state index contributed by atoms with van der Waals surface area (Å²) in [5, 5.41) is 9.93. The van der Waals surface area contributed by atoms with E-state index in [1.807, 2.05) is 18.2 Å². The first kappa shape index (κ1) is 13.7. The monoisotopic (exact) mass is 279 g/mol. The highest BCUT2D eigenvalue weighted by atomic mass is 16.7. The van der Waals surface area contributed by atoms with Gasteiger partial charge in [-0.05, 0) is 43.6 Å². The summed E-state index contributed by atoms with van der Waals surface area (Å²) in [6, 6.07) is 5.78. The Balaban J connectivity index is 1.40. The molecule has 0 unspecified atom stereocenters. The fourth-order valence-electron chi connectivity index (χ4n) is 2.66. The van der Waals surface area contributed by atoms with Crippen LogP contribution in [-0.2, 0) is 11.3 Å². The van der Waals surface area contributed by atoms with Gasteiger partial charge in [-0.25, -0.2) is 0 Å². The van der Waals surface area contributed by atoms with E-state index in [2.05, 4.69) is 4.90 Å². The first-order chi connectivity index (χ1) is 9.81. The van der Waals surface area contributed by atoms with E-state index in [0.29, 0.717) is 19.8 Å². The summed E-state index contributed by atoms with van der Waals surface area (Å²) >= 11 is 0. The fourth-order valence-corrected chi connectivity index (χ4v) is 2.66. The molecule has 5 nitrogen and oxygen atoms in total. The lowest BCUT2D eigenvalue weighted by atomic mass is 10.2. The van der Waals surface area contributed by atoms with Gasteiger partial charge >= 0.3 is 0 Å². The number of nitrogens with zero attached hydrogens (tertiary/aromatic N) is 1. The van der Waals surface area contributed by atoms with Crippen molar-refractivity contribution in [3.63, 3.8) is 0 Å². The van der Waals surface area contributed by atoms with Crippen molar-refractivity contribution in [1.82, 2.24) is 4.90 Å². The number of likely N-dealkylation sites (tertiary alicyclic amines) is 1. The summed E-state index contributed by atoms with van der Waals surface area (Å²) in [5.74, 6) is 1.55. The summed E-state index contributed by atoms with van der Waals surface area (Å²) in [6.07, 6.45) is 2.07. The van der Waals surface area contributed by atoms with Crippen LogP contribution in [0.15, 0.2) is 18.2 Å². The van der Waals surface area contributed by atoms with Crippen molar-refractivity contribution in [2.24, 2.45) is 0 Å². The molecule has 0 radical (unpaired) electrons. The number of β-amino-alcohol motifs (C(OH)–C–C–N with tert-alkyl or cyclic N) is 1. The molecule has 1 aromatic carbocycles. The zero-order valence-corrected chi connectivity index (χ0v) is 11.6. The van der Waals surface area contributed by atoms with Crippen molar-refractivity contribution in [2.75, 3.05) is 33.0 Å². The molecule has 0 bridgehead atoms. The smallest absolute Gasteiger partial charge is 0.231 e. The largest absolute Gasteiger partial charge is 0.454 e. The maximum absolute atomic E-state index is 9.93. The van der Waals surface area contributed by atoms with Crippen molar-refractivity contribution in [3.8, 4) is 11.5 Å². The Bertz CT molecular complexity index is 445. The molecular formula is C15H21NO4. The zero-order chi connectivity index (χ0) is 13.8. The zero-order valence-electron chi connectivity index (χ0n) is 11.6. The second-order valence-electron chi connectivity index (χ2n) is 5.36. The molecule has 1 N–H and O–H groups in total. The highest BCUT2D eigenvalue weighted by molar-refractivity contribution is 5.44. The third-order valence-corrected chi connectivity index (χ3v) is 3.68. The van der Waals surface area contributed by atoms with E-state index in [-0.39, 0.29) is 6.79 Å². The molecule has 0 amide bonds. The first-order valence-electron chi connectivity index (χ1n) is 7.18. The van der Waals surface area contributed by atoms with E-state index >= 15 is 0 Å². The molecule has 3 rings (SSSR count). The summed E-state index contributed by atoms with van der Waals surface area (Å²) in [5.41, 5.74) is 1.03. The van der Waals surface area contributed by atoms with Gasteiger partial charge in [-0.3, -0.25) is 0 Å². The molecule has 0 aliphatic carbocycles. The molecule has 1 atom stereocenters. The average molecular weight is 279 g/mol. The van der Waals surface area contributed by atoms with Gasteiger partial charge in [-0.1, -0.05) is 6.07 Å². The Labute approximate surface area is 119 Å². The second kappa shape index (κ2) is 6.43. The van der Waals surface area contributed by atoms with E-state index in [1.165, 1.54) is 12.8 Å². The molecule has 20 heavy (non-hydrogen) atoms. The quantitative estimate of drug-likeness (QED) is 0.853. The topological polar surface area (TPSA) is 51.2 Å². The SMILES string of the molecule is O[C@@H](COCc1ccc2c(c1)OCO2)CN1CCCC1. The lowest BCUT2D eigenvalue weighted by Gasteiger charge is -2.19. The molecule has 0 spiro atoms. The molecular weight excluding hydrogens is 258 g/mol. The van der Waals surface area contributed by atoms with Crippen LogP contribution >= 0.6 is 0 Å². The van der Waals surface area contributed by atoms with Crippen LogP contribution in [0.4, 0.5) is 0 Å². The van der Waals surface area contributed by atoms with E-state index < -0.39 is 6.10 Å². The van der Waals surface area contributed by atoms with Gasteiger partial charge in [0.2, 0.25) is 6.79 Å². The van der Waals surface area contributed by atoms with Gasteiger partial charge in [-0.15, -0.1) is 0 Å². The summed E-state index contributed by atoms with van der Waals surface area (Å²) in [6.45, 7) is 4.03. The van der Waals surface area contributed by atoms with Crippen molar-refractivity contribution in [2.45, 2.75) is 25.6 Å². The Morgan fingerprint density at radius 1 is 1.20 bits per heavy atom. The van der Waals surface area contributed by atoms with E-state index in [1.54, 1.807) is 0 Å². The molecule has 1 saturated heterocycles. The molecule has 1 aromatic rings. The third-order valence-electron chi connectivity index (χ3n) is 3.68. The van der Waals surface area contributed by atoms with Crippen LogP contribution in [0.5, 0.6) is 11.5 Å². The number of hydrogen-bond donors (Lipinski definition) is 1. The van der Waals surface area contributed by atoms with Crippen molar-refractivity contribution >= 4 is 0 Å².